The number of carbonyl (C=O) groups excluding carboxylic acids is 2. The molecule has 0 spiro atoms. The molecule has 3 rings (SSSR count). The van der Waals surface area contributed by atoms with E-state index < -0.39 is 29.1 Å². The van der Waals surface area contributed by atoms with E-state index in [-0.39, 0.29) is 18.1 Å². The molecule has 0 N–H and O–H groups in total. The highest BCUT2D eigenvalue weighted by molar-refractivity contribution is 5.91. The highest BCUT2D eigenvalue weighted by Gasteiger charge is 2.45. The number of hydrogen-bond donors (Lipinski definition) is 0. The fraction of sp³-hybridized carbons (Fsp3) is 0.444. The zero-order chi connectivity index (χ0) is 19.7. The van der Waals surface area contributed by atoms with Crippen molar-refractivity contribution in [3.05, 3.63) is 45.7 Å². The number of carbonyl (C=O) groups is 2. The topological polar surface area (TPSA) is 108 Å². The maximum atomic E-state index is 12.6. The lowest BCUT2D eigenvalue weighted by Gasteiger charge is -2.41. The minimum Gasteiger partial charge on any atom is -0.496 e. The smallest absolute Gasteiger partial charge is 0.303 e. The van der Waals surface area contributed by atoms with Crippen molar-refractivity contribution in [3.8, 4) is 5.75 Å². The number of fused-ring (bicyclic) bond motifs is 1. The Balaban J connectivity index is 2.06. The van der Waals surface area contributed by atoms with Gasteiger partial charge in [-0.2, -0.15) is 0 Å². The summed E-state index contributed by atoms with van der Waals surface area (Å²) in [6.45, 7) is 5.39. The van der Waals surface area contributed by atoms with Crippen molar-refractivity contribution in [2.75, 3.05) is 13.2 Å². The van der Waals surface area contributed by atoms with Crippen LogP contribution >= 0.6 is 0 Å². The SMILES string of the molecule is CCOC1=CC(=O)N(C2c3cc([N+](=O)[O-])ccc3O[C@@H](C)[C@@H]2OC(C)=O)C1. The number of nitro groups is 1. The summed E-state index contributed by atoms with van der Waals surface area (Å²) in [5.74, 6) is 0.0699. The van der Waals surface area contributed by atoms with Gasteiger partial charge in [0.15, 0.2) is 6.10 Å². The van der Waals surface area contributed by atoms with Crippen LogP contribution in [0.25, 0.3) is 0 Å². The number of hydrogen-bond acceptors (Lipinski definition) is 7. The highest BCUT2D eigenvalue weighted by atomic mass is 16.6. The van der Waals surface area contributed by atoms with E-state index in [2.05, 4.69) is 0 Å². The zero-order valence-corrected chi connectivity index (χ0v) is 15.2. The summed E-state index contributed by atoms with van der Waals surface area (Å²) in [7, 11) is 0. The van der Waals surface area contributed by atoms with Crippen LogP contribution in [0.4, 0.5) is 5.69 Å². The Bertz CT molecular complexity index is 820. The fourth-order valence-corrected chi connectivity index (χ4v) is 3.41. The van der Waals surface area contributed by atoms with E-state index in [9.17, 15) is 19.7 Å². The van der Waals surface area contributed by atoms with Crippen molar-refractivity contribution in [1.29, 1.82) is 0 Å². The lowest BCUT2D eigenvalue weighted by molar-refractivity contribution is -0.385. The van der Waals surface area contributed by atoms with E-state index in [1.165, 1.54) is 36.1 Å². The molecule has 1 aromatic carbocycles. The van der Waals surface area contributed by atoms with Crippen LogP contribution in [0.15, 0.2) is 30.0 Å². The van der Waals surface area contributed by atoms with Crippen molar-refractivity contribution in [1.82, 2.24) is 4.90 Å². The van der Waals surface area contributed by atoms with Crippen molar-refractivity contribution in [2.24, 2.45) is 0 Å². The van der Waals surface area contributed by atoms with Gasteiger partial charge in [-0.15, -0.1) is 0 Å². The first-order chi connectivity index (χ1) is 12.8. The average Bonchev–Trinajstić information content (AvgIpc) is 2.95. The van der Waals surface area contributed by atoms with E-state index in [0.29, 0.717) is 23.7 Å². The summed E-state index contributed by atoms with van der Waals surface area (Å²) in [5, 5.41) is 11.2. The number of non-ortho nitro benzene ring substituents is 1. The monoisotopic (exact) mass is 376 g/mol. The summed E-state index contributed by atoms with van der Waals surface area (Å²) in [4.78, 5) is 36.4. The highest BCUT2D eigenvalue weighted by Crippen LogP contribution is 2.43. The molecule has 2 aliphatic heterocycles. The van der Waals surface area contributed by atoms with Crippen molar-refractivity contribution >= 4 is 17.6 Å². The summed E-state index contributed by atoms with van der Waals surface area (Å²) in [6.07, 6.45) is 0.0259. The van der Waals surface area contributed by atoms with Gasteiger partial charge >= 0.3 is 5.97 Å². The molecule has 9 nitrogen and oxygen atoms in total. The van der Waals surface area contributed by atoms with Gasteiger partial charge in [0.2, 0.25) is 0 Å². The van der Waals surface area contributed by atoms with E-state index in [1.807, 2.05) is 6.92 Å². The summed E-state index contributed by atoms with van der Waals surface area (Å²) in [6, 6.07) is 3.46. The van der Waals surface area contributed by atoms with Crippen LogP contribution in [0, 0.1) is 10.1 Å². The van der Waals surface area contributed by atoms with Crippen LogP contribution in [0.3, 0.4) is 0 Å². The van der Waals surface area contributed by atoms with Crippen molar-refractivity contribution < 1.29 is 28.7 Å². The number of benzene rings is 1. The molecule has 1 aromatic rings. The van der Waals surface area contributed by atoms with E-state index >= 15 is 0 Å². The molecule has 1 amide bonds. The Kier molecular flexibility index (Phi) is 5.02. The van der Waals surface area contributed by atoms with E-state index in [1.54, 1.807) is 6.92 Å². The molecule has 3 atom stereocenters. The van der Waals surface area contributed by atoms with Gasteiger partial charge in [-0.05, 0) is 19.9 Å². The first-order valence-corrected chi connectivity index (χ1v) is 8.58. The molecule has 144 valence electrons. The second-order valence-corrected chi connectivity index (χ2v) is 6.33. The molecule has 1 unspecified atom stereocenters. The van der Waals surface area contributed by atoms with Crippen LogP contribution in [0.2, 0.25) is 0 Å². The molecule has 9 heteroatoms. The molecule has 0 aliphatic carbocycles. The van der Waals surface area contributed by atoms with Gasteiger partial charge in [-0.3, -0.25) is 19.7 Å². The second-order valence-electron chi connectivity index (χ2n) is 6.33. The molecule has 0 radical (unpaired) electrons. The quantitative estimate of drug-likeness (QED) is 0.440. The minimum absolute atomic E-state index is 0.136. The van der Waals surface area contributed by atoms with Crippen molar-refractivity contribution in [2.45, 2.75) is 39.0 Å². The Morgan fingerprint density at radius 3 is 2.81 bits per heavy atom. The number of ether oxygens (including phenoxy) is 3. The van der Waals surface area contributed by atoms with Gasteiger partial charge in [0.1, 0.15) is 23.7 Å². The molecule has 0 saturated heterocycles. The van der Waals surface area contributed by atoms with E-state index in [0.717, 1.165) is 0 Å². The fourth-order valence-electron chi connectivity index (χ4n) is 3.41. The molecule has 2 aliphatic rings. The van der Waals surface area contributed by atoms with Gasteiger partial charge in [0, 0.05) is 30.7 Å². The van der Waals surface area contributed by atoms with Crippen LogP contribution < -0.4 is 4.74 Å². The van der Waals surface area contributed by atoms with Gasteiger partial charge in [-0.25, -0.2) is 0 Å². The molecule has 2 heterocycles. The van der Waals surface area contributed by atoms with Crippen LogP contribution in [-0.4, -0.2) is 47.1 Å². The number of nitro benzene ring substituents is 1. The third-order valence-corrected chi connectivity index (χ3v) is 4.47. The number of rotatable bonds is 5. The van der Waals surface area contributed by atoms with Crippen molar-refractivity contribution in [3.63, 3.8) is 0 Å². The third kappa shape index (κ3) is 3.57. The minimum atomic E-state index is -0.810. The second kappa shape index (κ2) is 7.26. The Morgan fingerprint density at radius 2 is 2.19 bits per heavy atom. The summed E-state index contributed by atoms with van der Waals surface area (Å²) < 4.78 is 16.7. The molecule has 27 heavy (non-hydrogen) atoms. The molecule has 0 fully saturated rings. The van der Waals surface area contributed by atoms with Crippen LogP contribution in [-0.2, 0) is 19.1 Å². The summed E-state index contributed by atoms with van der Waals surface area (Å²) in [5.41, 5.74) is 0.288. The van der Waals surface area contributed by atoms with Gasteiger partial charge in [0.05, 0.1) is 18.1 Å². The number of esters is 1. The largest absolute Gasteiger partial charge is 0.496 e. The molecule has 0 aromatic heterocycles. The van der Waals surface area contributed by atoms with Gasteiger partial charge in [-0.1, -0.05) is 0 Å². The third-order valence-electron chi connectivity index (χ3n) is 4.47. The maximum absolute atomic E-state index is 12.6. The van der Waals surface area contributed by atoms with Gasteiger partial charge in [0.25, 0.3) is 11.6 Å². The standard InChI is InChI=1S/C18H20N2O7/c1-4-25-13-8-16(22)19(9-13)17-14-7-12(20(23)24)5-6-15(14)26-10(2)18(17)27-11(3)21/h5-8,10,17-18H,4,9H2,1-3H3/t10-,17?,18-/m0/s1. The first-order valence-electron chi connectivity index (χ1n) is 8.58. The Labute approximate surface area is 155 Å². The zero-order valence-electron chi connectivity index (χ0n) is 15.2. The summed E-state index contributed by atoms with van der Waals surface area (Å²) >= 11 is 0. The maximum Gasteiger partial charge on any atom is 0.303 e. The molecular formula is C18H20N2O7. The molecule has 0 saturated carbocycles. The predicted molar refractivity (Wildman–Crippen MR) is 92.9 cm³/mol. The normalized spacial score (nSPS) is 24.0. The first kappa shape index (κ1) is 18.7. The predicted octanol–water partition coefficient (Wildman–Crippen LogP) is 2.11. The van der Waals surface area contributed by atoms with Crippen LogP contribution in [0.5, 0.6) is 5.75 Å². The van der Waals surface area contributed by atoms with Crippen LogP contribution in [0.1, 0.15) is 32.4 Å². The Hall–Kier alpha value is -3.10. The lowest BCUT2D eigenvalue weighted by atomic mass is 9.92. The number of amides is 1. The molecule has 0 bridgehead atoms. The lowest BCUT2D eigenvalue weighted by Crippen LogP contribution is -2.49. The Morgan fingerprint density at radius 1 is 1.44 bits per heavy atom. The number of nitrogens with zero attached hydrogens (tertiary/aromatic N) is 2. The average molecular weight is 376 g/mol. The van der Waals surface area contributed by atoms with Gasteiger partial charge < -0.3 is 19.1 Å². The molecular weight excluding hydrogens is 356 g/mol. The van der Waals surface area contributed by atoms with E-state index in [4.69, 9.17) is 14.2 Å².